The lowest BCUT2D eigenvalue weighted by atomic mass is 10.1. The normalized spacial score (nSPS) is 13.7. The third kappa shape index (κ3) is 6.22. The van der Waals surface area contributed by atoms with Crippen LogP contribution in [0.15, 0.2) is 42.6 Å². The molecule has 200 valence electrons. The maximum Gasteiger partial charge on any atom is 0.242 e. The predicted molar refractivity (Wildman–Crippen MR) is 145 cm³/mol. The van der Waals surface area contributed by atoms with E-state index in [2.05, 4.69) is 10.6 Å². The van der Waals surface area contributed by atoms with Gasteiger partial charge in [-0.15, -0.1) is 0 Å². The van der Waals surface area contributed by atoms with E-state index in [-0.39, 0.29) is 35.4 Å². The highest BCUT2D eigenvalue weighted by atomic mass is 35.5. The summed E-state index contributed by atoms with van der Waals surface area (Å²) in [6.07, 6.45) is 4.12. The topological polar surface area (TPSA) is 107 Å². The number of hydrogen-bond acceptors (Lipinski definition) is 4. The monoisotopic (exact) mass is 539 g/mol. The van der Waals surface area contributed by atoms with Crippen LogP contribution in [0.4, 0.5) is 4.39 Å². The number of hydrogen-bond donors (Lipinski definition) is 3. The number of fused-ring (bicyclic) bond motifs is 1. The SMILES string of the molecule is CC(=O)c1cn(CC(=O)N[C@@H](CC2CC2)C(=O)NCc2cccc(Cl)c2F)c2ccc(C(=N)N(C)C)cc12. The Morgan fingerprint density at radius 1 is 1.21 bits per heavy atom. The maximum absolute atomic E-state index is 14.2. The highest BCUT2D eigenvalue weighted by Gasteiger charge is 2.30. The van der Waals surface area contributed by atoms with Crippen molar-refractivity contribution in [1.82, 2.24) is 20.1 Å². The second-order valence-corrected chi connectivity index (χ2v) is 10.3. The first-order valence-corrected chi connectivity index (χ1v) is 12.8. The Bertz CT molecular complexity index is 1410. The number of carbonyl (C=O) groups is 3. The molecule has 2 aromatic carbocycles. The van der Waals surface area contributed by atoms with Crippen molar-refractivity contribution in [2.75, 3.05) is 14.1 Å². The minimum atomic E-state index is -0.765. The van der Waals surface area contributed by atoms with Crippen LogP contribution in [0.1, 0.15) is 47.7 Å². The van der Waals surface area contributed by atoms with E-state index >= 15 is 0 Å². The van der Waals surface area contributed by atoms with Crippen molar-refractivity contribution >= 4 is 45.9 Å². The van der Waals surface area contributed by atoms with Gasteiger partial charge in [0.1, 0.15) is 24.2 Å². The van der Waals surface area contributed by atoms with Gasteiger partial charge in [-0.25, -0.2) is 4.39 Å². The molecule has 0 aliphatic heterocycles. The maximum atomic E-state index is 14.2. The highest BCUT2D eigenvalue weighted by molar-refractivity contribution is 6.30. The van der Waals surface area contributed by atoms with Crippen molar-refractivity contribution in [2.45, 2.75) is 45.3 Å². The summed E-state index contributed by atoms with van der Waals surface area (Å²) in [5, 5.41) is 14.4. The zero-order chi connectivity index (χ0) is 27.6. The van der Waals surface area contributed by atoms with E-state index in [1.54, 1.807) is 60.1 Å². The Kier molecular flexibility index (Phi) is 8.16. The highest BCUT2D eigenvalue weighted by Crippen LogP contribution is 2.33. The Balaban J connectivity index is 1.50. The molecule has 0 saturated heterocycles. The number of carbonyl (C=O) groups excluding carboxylic acids is 3. The fraction of sp³-hybridized carbons (Fsp3) is 0.357. The zero-order valence-corrected chi connectivity index (χ0v) is 22.4. The molecule has 1 heterocycles. The third-order valence-corrected chi connectivity index (χ3v) is 6.99. The molecule has 1 fully saturated rings. The number of amides is 2. The molecule has 1 aliphatic carbocycles. The van der Waals surface area contributed by atoms with E-state index in [1.807, 2.05) is 0 Å². The molecule has 3 N–H and O–H groups in total. The van der Waals surface area contributed by atoms with Crippen LogP contribution in [0.3, 0.4) is 0 Å². The van der Waals surface area contributed by atoms with E-state index in [1.165, 1.54) is 13.0 Å². The summed E-state index contributed by atoms with van der Waals surface area (Å²) >= 11 is 5.83. The average molecular weight is 540 g/mol. The van der Waals surface area contributed by atoms with E-state index in [9.17, 15) is 18.8 Å². The van der Waals surface area contributed by atoms with E-state index in [0.29, 0.717) is 40.2 Å². The first-order valence-electron chi connectivity index (χ1n) is 12.4. The van der Waals surface area contributed by atoms with Crippen molar-refractivity contribution in [3.05, 3.63) is 70.1 Å². The van der Waals surface area contributed by atoms with Crippen LogP contribution in [-0.2, 0) is 22.7 Å². The molecule has 38 heavy (non-hydrogen) atoms. The molecule has 3 aromatic rings. The fourth-order valence-corrected chi connectivity index (χ4v) is 4.61. The van der Waals surface area contributed by atoms with Gasteiger partial charge in [0, 0.05) is 54.4 Å². The molecular formula is C28H31ClFN5O3. The first kappa shape index (κ1) is 27.3. The van der Waals surface area contributed by atoms with Gasteiger partial charge in [0.05, 0.1) is 5.02 Å². The molecule has 0 radical (unpaired) electrons. The molecular weight excluding hydrogens is 509 g/mol. The van der Waals surface area contributed by atoms with Gasteiger partial charge in [-0.05, 0) is 43.5 Å². The van der Waals surface area contributed by atoms with Crippen LogP contribution in [0.25, 0.3) is 10.9 Å². The lowest BCUT2D eigenvalue weighted by Gasteiger charge is -2.19. The smallest absolute Gasteiger partial charge is 0.242 e. The largest absolute Gasteiger partial charge is 0.363 e. The van der Waals surface area contributed by atoms with Crippen molar-refractivity contribution in [1.29, 1.82) is 5.41 Å². The number of halogens is 2. The molecule has 4 rings (SSSR count). The van der Waals surface area contributed by atoms with Crippen LogP contribution in [-0.4, -0.2) is 53.0 Å². The van der Waals surface area contributed by atoms with Crippen LogP contribution >= 0.6 is 11.6 Å². The third-order valence-electron chi connectivity index (χ3n) is 6.70. The van der Waals surface area contributed by atoms with E-state index in [4.69, 9.17) is 17.0 Å². The summed E-state index contributed by atoms with van der Waals surface area (Å²) in [5.74, 6) is -0.839. The van der Waals surface area contributed by atoms with Crippen molar-refractivity contribution < 1.29 is 18.8 Å². The minimum Gasteiger partial charge on any atom is -0.363 e. The Hall–Kier alpha value is -3.72. The molecule has 1 aromatic heterocycles. The van der Waals surface area contributed by atoms with Crippen LogP contribution in [0, 0.1) is 17.1 Å². The fourth-order valence-electron chi connectivity index (χ4n) is 4.42. The number of amidine groups is 1. The van der Waals surface area contributed by atoms with Gasteiger partial charge in [0.2, 0.25) is 11.8 Å². The van der Waals surface area contributed by atoms with Crippen LogP contribution in [0.5, 0.6) is 0 Å². The molecule has 0 spiro atoms. The van der Waals surface area contributed by atoms with Gasteiger partial charge < -0.3 is 20.1 Å². The zero-order valence-electron chi connectivity index (χ0n) is 21.6. The number of benzene rings is 2. The molecule has 2 amide bonds. The summed E-state index contributed by atoms with van der Waals surface area (Å²) in [6, 6.07) is 9.18. The quantitative estimate of drug-likeness (QED) is 0.204. The first-order chi connectivity index (χ1) is 18.0. The Labute approximate surface area is 225 Å². The standard InChI is InChI=1S/C28H31ClFN5O3/c1-16(36)21-14-35(24-10-9-18(12-20(21)24)27(31)34(2)3)15-25(37)33-23(11-17-7-8-17)28(38)32-13-19-5-4-6-22(29)26(19)30/h4-6,9-10,12,14,17,23,31H,7-8,11,13,15H2,1-3H3,(H,32,38)(H,33,37)/t23-/m0/s1. The van der Waals surface area contributed by atoms with Gasteiger partial charge in [0.25, 0.3) is 0 Å². The summed E-state index contributed by atoms with van der Waals surface area (Å²) < 4.78 is 15.9. The van der Waals surface area contributed by atoms with Gasteiger partial charge in [-0.2, -0.15) is 0 Å². The van der Waals surface area contributed by atoms with Crippen molar-refractivity contribution in [3.63, 3.8) is 0 Å². The van der Waals surface area contributed by atoms with Crippen LogP contribution < -0.4 is 10.6 Å². The Morgan fingerprint density at radius 2 is 1.95 bits per heavy atom. The minimum absolute atomic E-state index is 0.0193. The lowest BCUT2D eigenvalue weighted by molar-refractivity contribution is -0.129. The average Bonchev–Trinajstić information content (AvgIpc) is 3.62. The number of nitrogens with zero attached hydrogens (tertiary/aromatic N) is 2. The molecule has 0 bridgehead atoms. The number of aromatic nitrogens is 1. The number of rotatable bonds is 10. The molecule has 1 atom stereocenters. The number of Topliss-reactive ketones (excluding diaryl/α,β-unsaturated/α-hetero) is 1. The molecule has 10 heteroatoms. The van der Waals surface area contributed by atoms with Crippen molar-refractivity contribution in [3.8, 4) is 0 Å². The van der Waals surface area contributed by atoms with Crippen molar-refractivity contribution in [2.24, 2.45) is 5.92 Å². The predicted octanol–water partition coefficient (Wildman–Crippen LogP) is 4.12. The van der Waals surface area contributed by atoms with E-state index in [0.717, 1.165) is 12.8 Å². The summed E-state index contributed by atoms with van der Waals surface area (Å²) in [6.45, 7) is 1.32. The molecule has 1 aliphatic rings. The Morgan fingerprint density at radius 3 is 2.61 bits per heavy atom. The number of nitrogens with one attached hydrogen (secondary N) is 3. The second-order valence-electron chi connectivity index (χ2n) is 9.93. The van der Waals surface area contributed by atoms with Gasteiger partial charge in [-0.3, -0.25) is 19.8 Å². The van der Waals surface area contributed by atoms with E-state index < -0.39 is 17.8 Å². The van der Waals surface area contributed by atoms with Crippen LogP contribution in [0.2, 0.25) is 5.02 Å². The molecule has 8 nitrogen and oxygen atoms in total. The second kappa shape index (κ2) is 11.3. The van der Waals surface area contributed by atoms with Gasteiger partial charge >= 0.3 is 0 Å². The summed E-state index contributed by atoms with van der Waals surface area (Å²) in [5.41, 5.74) is 2.06. The molecule has 1 saturated carbocycles. The number of ketones is 1. The summed E-state index contributed by atoms with van der Waals surface area (Å²) in [4.78, 5) is 40.1. The lowest BCUT2D eigenvalue weighted by Crippen LogP contribution is -2.47. The van der Waals surface area contributed by atoms with Gasteiger partial charge in [0.15, 0.2) is 5.78 Å². The summed E-state index contributed by atoms with van der Waals surface area (Å²) in [7, 11) is 3.54. The molecule has 0 unspecified atom stereocenters. The van der Waals surface area contributed by atoms with Gasteiger partial charge in [-0.1, -0.05) is 36.6 Å².